The fourth-order valence-corrected chi connectivity index (χ4v) is 0.367. The first-order valence-electron chi connectivity index (χ1n) is 2.01. The van der Waals surface area contributed by atoms with Crippen LogP contribution in [0.4, 0.5) is 4.39 Å². The molecule has 8 heavy (non-hydrogen) atoms. The summed E-state index contributed by atoms with van der Waals surface area (Å²) < 4.78 is 11.9. The molecule has 0 heterocycles. The summed E-state index contributed by atoms with van der Waals surface area (Å²) in [5.74, 6) is -0.209. The summed E-state index contributed by atoms with van der Waals surface area (Å²) in [6.45, 7) is 0. The van der Waals surface area contributed by atoms with Crippen LogP contribution in [0.1, 0.15) is 0 Å². The molecule has 0 atom stereocenters. The average Bonchev–Trinajstić information content (AvgIpc) is 1.69. The Morgan fingerprint density at radius 3 is 2.00 bits per heavy atom. The van der Waals surface area contributed by atoms with E-state index in [0.29, 0.717) is 0 Å². The number of halogens is 1. The standard InChI is InChI=1S/C6H4F.Ir/c7-6-4-2-1-3-5-6;/h2-5H;/q-1;+3. The monoisotopic (exact) mass is 288 g/mol. The van der Waals surface area contributed by atoms with Gasteiger partial charge in [0.1, 0.15) is 0 Å². The molecule has 0 aliphatic carbocycles. The molecule has 0 unspecified atom stereocenters. The fraction of sp³-hybridized carbons (Fsp3) is 0. The van der Waals surface area contributed by atoms with Crippen LogP contribution < -0.4 is 0 Å². The van der Waals surface area contributed by atoms with E-state index in [2.05, 4.69) is 6.07 Å². The number of benzene rings is 1. The minimum absolute atomic E-state index is 0. The van der Waals surface area contributed by atoms with E-state index >= 15 is 0 Å². The molecule has 0 aliphatic rings. The predicted molar refractivity (Wildman–Crippen MR) is 25.2 cm³/mol. The van der Waals surface area contributed by atoms with Crippen molar-refractivity contribution < 1.29 is 24.5 Å². The Labute approximate surface area is 61.1 Å². The summed E-state index contributed by atoms with van der Waals surface area (Å²) in [6.07, 6.45) is 0. The Hall–Kier alpha value is -0.201. The summed E-state index contributed by atoms with van der Waals surface area (Å²) in [6, 6.07) is 8.49. The van der Waals surface area contributed by atoms with Crippen molar-refractivity contribution in [3.63, 3.8) is 0 Å². The van der Waals surface area contributed by atoms with E-state index in [1.54, 1.807) is 0 Å². The maximum absolute atomic E-state index is 11.9. The second-order valence-electron chi connectivity index (χ2n) is 1.22. The van der Waals surface area contributed by atoms with Crippen molar-refractivity contribution in [1.82, 2.24) is 0 Å². The molecule has 1 aromatic carbocycles. The largest absolute Gasteiger partial charge is 3.00 e. The van der Waals surface area contributed by atoms with Gasteiger partial charge in [0.25, 0.3) is 0 Å². The molecule has 0 radical (unpaired) electrons. The molecule has 1 rings (SSSR count). The molecule has 0 bridgehead atoms. The predicted octanol–water partition coefficient (Wildman–Crippen LogP) is 1.62. The van der Waals surface area contributed by atoms with Crippen molar-refractivity contribution in [2.75, 3.05) is 0 Å². The van der Waals surface area contributed by atoms with Gasteiger partial charge in [-0.1, -0.05) is 0 Å². The third-order valence-electron chi connectivity index (χ3n) is 0.678. The van der Waals surface area contributed by atoms with Crippen molar-refractivity contribution in [2.45, 2.75) is 0 Å². The van der Waals surface area contributed by atoms with Gasteiger partial charge in [0, 0.05) is 5.82 Å². The van der Waals surface area contributed by atoms with Crippen molar-refractivity contribution in [1.29, 1.82) is 0 Å². The molecule has 0 saturated heterocycles. The Kier molecular flexibility index (Phi) is 3.67. The number of hydrogen-bond acceptors (Lipinski definition) is 0. The Balaban J connectivity index is 0.000000490. The molecule has 2 heteroatoms. The minimum atomic E-state index is -0.209. The summed E-state index contributed by atoms with van der Waals surface area (Å²) in [5, 5.41) is 0. The van der Waals surface area contributed by atoms with E-state index in [1.165, 1.54) is 24.3 Å². The summed E-state index contributed by atoms with van der Waals surface area (Å²) in [4.78, 5) is 0. The van der Waals surface area contributed by atoms with Crippen molar-refractivity contribution in [3.05, 3.63) is 36.1 Å². The van der Waals surface area contributed by atoms with E-state index in [-0.39, 0.29) is 25.9 Å². The van der Waals surface area contributed by atoms with Crippen LogP contribution >= 0.6 is 0 Å². The van der Waals surface area contributed by atoms with E-state index in [4.69, 9.17) is 0 Å². The van der Waals surface area contributed by atoms with Crippen LogP contribution in [0.5, 0.6) is 0 Å². The molecular formula is C6H4FIr+2. The Morgan fingerprint density at radius 1 is 1.25 bits per heavy atom. The van der Waals surface area contributed by atoms with Crippen LogP contribution in [0.25, 0.3) is 0 Å². The van der Waals surface area contributed by atoms with Crippen molar-refractivity contribution >= 4 is 0 Å². The second kappa shape index (κ2) is 3.76. The van der Waals surface area contributed by atoms with Gasteiger partial charge in [-0.25, -0.2) is 4.39 Å². The van der Waals surface area contributed by atoms with E-state index in [9.17, 15) is 4.39 Å². The molecule has 0 saturated carbocycles. The maximum Gasteiger partial charge on any atom is 3.00 e. The normalized spacial score (nSPS) is 7.62. The van der Waals surface area contributed by atoms with E-state index in [1.807, 2.05) is 0 Å². The smallest absolute Gasteiger partial charge is 0.236 e. The fourth-order valence-electron chi connectivity index (χ4n) is 0.367. The van der Waals surface area contributed by atoms with Crippen LogP contribution in [-0.4, -0.2) is 0 Å². The van der Waals surface area contributed by atoms with Crippen LogP contribution in [0.15, 0.2) is 24.3 Å². The molecule has 1 aromatic rings. The molecule has 0 aliphatic heterocycles. The molecule has 0 nitrogen and oxygen atoms in total. The molecule has 0 N–H and O–H groups in total. The molecule has 0 fully saturated rings. The topological polar surface area (TPSA) is 0 Å². The minimum Gasteiger partial charge on any atom is -0.236 e. The molecule has 0 aromatic heterocycles. The van der Waals surface area contributed by atoms with Crippen LogP contribution in [0, 0.1) is 11.9 Å². The Bertz CT molecular complexity index is 138. The third kappa shape index (κ3) is 2.20. The van der Waals surface area contributed by atoms with E-state index in [0.717, 1.165) is 0 Å². The molecular weight excluding hydrogens is 283 g/mol. The van der Waals surface area contributed by atoms with E-state index < -0.39 is 0 Å². The average molecular weight is 287 g/mol. The SMILES string of the molecule is Fc1cc[c-]cc1.[Ir+3]. The zero-order valence-electron chi connectivity index (χ0n) is 4.02. The summed E-state index contributed by atoms with van der Waals surface area (Å²) in [7, 11) is 0. The van der Waals surface area contributed by atoms with Gasteiger partial charge in [-0.05, 0) is 0 Å². The van der Waals surface area contributed by atoms with Crippen LogP contribution in [-0.2, 0) is 20.1 Å². The van der Waals surface area contributed by atoms with Gasteiger partial charge >= 0.3 is 20.1 Å². The molecule has 42 valence electrons. The van der Waals surface area contributed by atoms with Gasteiger partial charge in [0.15, 0.2) is 0 Å². The van der Waals surface area contributed by atoms with Crippen molar-refractivity contribution in [3.8, 4) is 0 Å². The summed E-state index contributed by atoms with van der Waals surface area (Å²) in [5.41, 5.74) is 0. The zero-order valence-corrected chi connectivity index (χ0v) is 6.42. The van der Waals surface area contributed by atoms with Gasteiger partial charge in [0.05, 0.1) is 0 Å². The molecule has 0 spiro atoms. The van der Waals surface area contributed by atoms with Gasteiger partial charge in [-0.15, -0.1) is 12.1 Å². The Morgan fingerprint density at radius 2 is 1.75 bits per heavy atom. The number of rotatable bonds is 0. The van der Waals surface area contributed by atoms with Gasteiger partial charge in [-0.2, -0.15) is 18.2 Å². The van der Waals surface area contributed by atoms with Crippen LogP contribution in [0.2, 0.25) is 0 Å². The maximum atomic E-state index is 11.9. The second-order valence-corrected chi connectivity index (χ2v) is 1.22. The van der Waals surface area contributed by atoms with Crippen molar-refractivity contribution in [2.24, 2.45) is 0 Å². The first kappa shape index (κ1) is 7.80. The zero-order chi connectivity index (χ0) is 5.11. The first-order chi connectivity index (χ1) is 3.39. The van der Waals surface area contributed by atoms with Crippen LogP contribution in [0.3, 0.4) is 0 Å². The van der Waals surface area contributed by atoms with Gasteiger partial charge < -0.3 is 0 Å². The van der Waals surface area contributed by atoms with Gasteiger partial charge in [-0.3, -0.25) is 0 Å². The quantitative estimate of drug-likeness (QED) is 0.636. The summed E-state index contributed by atoms with van der Waals surface area (Å²) >= 11 is 0. The van der Waals surface area contributed by atoms with Gasteiger partial charge in [0.2, 0.25) is 0 Å². The molecule has 0 amide bonds. The first-order valence-corrected chi connectivity index (χ1v) is 2.01. The number of hydrogen-bond donors (Lipinski definition) is 0. The third-order valence-corrected chi connectivity index (χ3v) is 0.678.